The van der Waals surface area contributed by atoms with E-state index in [2.05, 4.69) is 6.07 Å². The molecular formula is C24H17N3OS. The van der Waals surface area contributed by atoms with Crippen molar-refractivity contribution in [3.63, 3.8) is 0 Å². The molecule has 140 valence electrons. The molecule has 0 bridgehead atoms. The molecule has 0 aliphatic carbocycles. The zero-order chi connectivity index (χ0) is 20.1. The molecule has 0 saturated heterocycles. The third-order valence-electron chi connectivity index (χ3n) is 4.44. The maximum Gasteiger partial charge on any atom is 0.277 e. The molecule has 0 fully saturated rings. The quantitative estimate of drug-likeness (QED) is 0.350. The Morgan fingerprint density at radius 3 is 2.07 bits per heavy atom. The highest BCUT2D eigenvalue weighted by molar-refractivity contribution is 7.98. The molecule has 4 nitrogen and oxygen atoms in total. The van der Waals surface area contributed by atoms with Crippen LogP contribution in [0, 0.1) is 11.3 Å². The second-order valence-electron chi connectivity index (χ2n) is 6.35. The molecule has 0 saturated carbocycles. The fourth-order valence-electron chi connectivity index (χ4n) is 3.03. The molecule has 0 atom stereocenters. The molecule has 0 radical (unpaired) electrons. The van der Waals surface area contributed by atoms with Crippen molar-refractivity contribution in [1.82, 2.24) is 9.55 Å². The zero-order valence-corrected chi connectivity index (χ0v) is 16.3. The van der Waals surface area contributed by atoms with Gasteiger partial charge < -0.3 is 0 Å². The lowest BCUT2D eigenvalue weighted by atomic mass is 10.1. The third kappa shape index (κ3) is 3.98. The molecule has 4 aromatic rings. The Labute approximate surface area is 173 Å². The number of aromatic nitrogens is 2. The summed E-state index contributed by atoms with van der Waals surface area (Å²) >= 11 is 1.48. The first-order valence-electron chi connectivity index (χ1n) is 9.12. The van der Waals surface area contributed by atoms with Crippen LogP contribution in [0.3, 0.4) is 0 Å². The first kappa shape index (κ1) is 18.7. The summed E-state index contributed by atoms with van der Waals surface area (Å²) in [6.45, 7) is 0. The van der Waals surface area contributed by atoms with Crippen LogP contribution in [0.5, 0.6) is 0 Å². The highest BCUT2D eigenvalue weighted by atomic mass is 32.2. The maximum atomic E-state index is 13.3. The summed E-state index contributed by atoms with van der Waals surface area (Å²) in [6, 6.07) is 30.8. The van der Waals surface area contributed by atoms with E-state index in [0.29, 0.717) is 22.3 Å². The van der Waals surface area contributed by atoms with Crippen LogP contribution in [0.2, 0.25) is 0 Å². The molecule has 0 spiro atoms. The lowest BCUT2D eigenvalue weighted by molar-refractivity contribution is 0.795. The van der Waals surface area contributed by atoms with Gasteiger partial charge in [0.25, 0.3) is 5.56 Å². The van der Waals surface area contributed by atoms with Gasteiger partial charge in [-0.25, -0.2) is 4.98 Å². The average Bonchev–Trinajstić information content (AvgIpc) is 2.79. The van der Waals surface area contributed by atoms with Gasteiger partial charge in [-0.3, -0.25) is 9.36 Å². The molecule has 0 aliphatic rings. The number of nitrogens with zero attached hydrogens (tertiary/aromatic N) is 3. The van der Waals surface area contributed by atoms with Crippen LogP contribution in [0.15, 0.2) is 101 Å². The predicted molar refractivity (Wildman–Crippen MR) is 116 cm³/mol. The van der Waals surface area contributed by atoms with Gasteiger partial charge in [0.05, 0.1) is 11.4 Å². The minimum Gasteiger partial charge on any atom is -0.267 e. The van der Waals surface area contributed by atoms with Crippen molar-refractivity contribution in [2.24, 2.45) is 0 Å². The Bertz CT molecular complexity index is 1210. The Hall–Kier alpha value is -3.62. The highest BCUT2D eigenvalue weighted by Crippen LogP contribution is 2.27. The van der Waals surface area contributed by atoms with E-state index in [0.717, 1.165) is 11.1 Å². The first-order chi connectivity index (χ1) is 14.3. The minimum atomic E-state index is -0.358. The summed E-state index contributed by atoms with van der Waals surface area (Å²) in [5, 5.41) is 10.3. The molecule has 0 amide bonds. The molecule has 1 aromatic heterocycles. The number of para-hydroxylation sites is 1. The Morgan fingerprint density at radius 2 is 1.45 bits per heavy atom. The molecule has 5 heteroatoms. The lowest BCUT2D eigenvalue weighted by Gasteiger charge is -2.15. The fourth-order valence-corrected chi connectivity index (χ4v) is 3.99. The number of thioether (sulfide) groups is 1. The zero-order valence-electron chi connectivity index (χ0n) is 15.5. The van der Waals surface area contributed by atoms with Crippen molar-refractivity contribution in [3.8, 4) is 23.0 Å². The number of hydrogen-bond donors (Lipinski definition) is 0. The van der Waals surface area contributed by atoms with Crippen molar-refractivity contribution in [2.75, 3.05) is 0 Å². The van der Waals surface area contributed by atoms with Gasteiger partial charge >= 0.3 is 0 Å². The maximum absolute atomic E-state index is 13.3. The van der Waals surface area contributed by atoms with Crippen molar-refractivity contribution < 1.29 is 0 Å². The van der Waals surface area contributed by atoms with Gasteiger partial charge in [-0.2, -0.15) is 5.26 Å². The summed E-state index contributed by atoms with van der Waals surface area (Å²) in [4.78, 5) is 18.1. The van der Waals surface area contributed by atoms with Gasteiger partial charge in [0.1, 0.15) is 11.6 Å². The normalized spacial score (nSPS) is 10.4. The van der Waals surface area contributed by atoms with Crippen LogP contribution in [0.1, 0.15) is 11.1 Å². The van der Waals surface area contributed by atoms with Gasteiger partial charge in [-0.05, 0) is 17.7 Å². The number of nitriles is 1. The number of benzene rings is 3. The molecule has 1 heterocycles. The average molecular weight is 395 g/mol. The van der Waals surface area contributed by atoms with Crippen molar-refractivity contribution in [1.29, 1.82) is 5.26 Å². The predicted octanol–water partition coefficient (Wildman–Crippen LogP) is 5.06. The molecule has 0 unspecified atom stereocenters. The molecule has 0 N–H and O–H groups in total. The Morgan fingerprint density at radius 1 is 0.862 bits per heavy atom. The lowest BCUT2D eigenvalue weighted by Crippen LogP contribution is -2.25. The van der Waals surface area contributed by atoms with E-state index in [-0.39, 0.29) is 11.1 Å². The van der Waals surface area contributed by atoms with Crippen LogP contribution in [0.4, 0.5) is 0 Å². The van der Waals surface area contributed by atoms with Crippen molar-refractivity contribution in [2.45, 2.75) is 10.9 Å². The number of hydrogen-bond acceptors (Lipinski definition) is 4. The fraction of sp³-hybridized carbons (Fsp3) is 0.0417. The molecule has 4 rings (SSSR count). The van der Waals surface area contributed by atoms with E-state index < -0.39 is 0 Å². The summed E-state index contributed by atoms with van der Waals surface area (Å²) in [6.07, 6.45) is 0. The summed E-state index contributed by atoms with van der Waals surface area (Å²) in [7, 11) is 0. The van der Waals surface area contributed by atoms with E-state index in [1.807, 2.05) is 91.0 Å². The van der Waals surface area contributed by atoms with Crippen molar-refractivity contribution in [3.05, 3.63) is 112 Å². The van der Waals surface area contributed by atoms with E-state index in [1.165, 1.54) is 16.3 Å². The summed E-state index contributed by atoms with van der Waals surface area (Å²) in [5.41, 5.74) is 2.68. The Balaban J connectivity index is 1.89. The standard InChI is InChI=1S/C24H17N3OS/c25-16-21-22(19-12-6-2-7-13-19)26-24(29-17-18-10-4-1-5-11-18)27(23(21)28)20-14-8-3-9-15-20/h1-15H,17H2. The number of rotatable bonds is 5. The topological polar surface area (TPSA) is 58.7 Å². The molecule has 0 aliphatic heterocycles. The monoisotopic (exact) mass is 395 g/mol. The largest absolute Gasteiger partial charge is 0.277 e. The van der Waals surface area contributed by atoms with Gasteiger partial charge in [0.15, 0.2) is 5.16 Å². The van der Waals surface area contributed by atoms with Crippen LogP contribution >= 0.6 is 11.8 Å². The first-order valence-corrected chi connectivity index (χ1v) is 10.1. The van der Waals surface area contributed by atoms with Crippen LogP contribution in [0.25, 0.3) is 16.9 Å². The second kappa shape index (κ2) is 8.59. The van der Waals surface area contributed by atoms with Crippen LogP contribution in [-0.4, -0.2) is 9.55 Å². The third-order valence-corrected chi connectivity index (χ3v) is 5.45. The smallest absolute Gasteiger partial charge is 0.267 e. The van der Waals surface area contributed by atoms with E-state index in [1.54, 1.807) is 0 Å². The highest BCUT2D eigenvalue weighted by Gasteiger charge is 2.19. The van der Waals surface area contributed by atoms with Crippen LogP contribution in [-0.2, 0) is 5.75 Å². The van der Waals surface area contributed by atoms with Gasteiger partial charge in [0, 0.05) is 11.3 Å². The van der Waals surface area contributed by atoms with E-state index >= 15 is 0 Å². The van der Waals surface area contributed by atoms with Gasteiger partial charge in [-0.15, -0.1) is 0 Å². The molecule has 29 heavy (non-hydrogen) atoms. The van der Waals surface area contributed by atoms with Crippen LogP contribution < -0.4 is 5.56 Å². The summed E-state index contributed by atoms with van der Waals surface area (Å²) in [5.74, 6) is 0.667. The second-order valence-corrected chi connectivity index (χ2v) is 7.29. The molecule has 3 aromatic carbocycles. The van der Waals surface area contributed by atoms with E-state index in [9.17, 15) is 10.1 Å². The summed E-state index contributed by atoms with van der Waals surface area (Å²) < 4.78 is 1.53. The van der Waals surface area contributed by atoms with Gasteiger partial charge in [-0.1, -0.05) is 90.6 Å². The van der Waals surface area contributed by atoms with E-state index in [4.69, 9.17) is 4.98 Å². The van der Waals surface area contributed by atoms with Gasteiger partial charge in [0.2, 0.25) is 0 Å². The SMILES string of the molecule is N#Cc1c(-c2ccccc2)nc(SCc2ccccc2)n(-c2ccccc2)c1=O. The van der Waals surface area contributed by atoms with Crippen molar-refractivity contribution >= 4 is 11.8 Å². The molecular weight excluding hydrogens is 378 g/mol. The minimum absolute atomic E-state index is 0.0455. The Kier molecular flexibility index (Phi) is 5.55.